The number of benzene rings is 3. The van der Waals surface area contributed by atoms with E-state index in [0.717, 1.165) is 5.56 Å². The number of rotatable bonds is 9. The molecular formula is C26H24ClN3O5. The number of carbonyl (C=O) groups is 1. The number of ether oxygens (including phenoxy) is 3. The zero-order chi connectivity index (χ0) is 24.8. The van der Waals surface area contributed by atoms with Crippen molar-refractivity contribution in [1.82, 2.24) is 15.5 Å². The van der Waals surface area contributed by atoms with Crippen LogP contribution in [-0.4, -0.2) is 37.4 Å². The van der Waals surface area contributed by atoms with Gasteiger partial charge in [0.05, 0.1) is 31.9 Å². The average molecular weight is 494 g/mol. The van der Waals surface area contributed by atoms with E-state index >= 15 is 0 Å². The van der Waals surface area contributed by atoms with E-state index in [4.69, 9.17) is 30.3 Å². The van der Waals surface area contributed by atoms with Crippen LogP contribution < -0.4 is 19.5 Å². The van der Waals surface area contributed by atoms with Crippen molar-refractivity contribution in [1.29, 1.82) is 0 Å². The van der Waals surface area contributed by atoms with Gasteiger partial charge >= 0.3 is 0 Å². The van der Waals surface area contributed by atoms with E-state index in [9.17, 15) is 4.79 Å². The second kappa shape index (κ2) is 10.9. The lowest BCUT2D eigenvalue weighted by atomic mass is 10.1. The highest BCUT2D eigenvalue weighted by Crippen LogP contribution is 2.40. The molecule has 0 aliphatic carbocycles. The van der Waals surface area contributed by atoms with Crippen LogP contribution in [0.1, 0.15) is 27.9 Å². The number of nitrogens with zero attached hydrogens (tertiary/aromatic N) is 2. The summed E-state index contributed by atoms with van der Waals surface area (Å²) in [4.78, 5) is 17.6. The lowest BCUT2D eigenvalue weighted by Gasteiger charge is -2.16. The highest BCUT2D eigenvalue weighted by atomic mass is 35.5. The molecule has 0 spiro atoms. The van der Waals surface area contributed by atoms with Crippen LogP contribution in [0.15, 0.2) is 71.3 Å². The monoisotopic (exact) mass is 493 g/mol. The van der Waals surface area contributed by atoms with E-state index in [1.54, 1.807) is 36.4 Å². The lowest BCUT2D eigenvalue weighted by molar-refractivity contribution is 0.0928. The van der Waals surface area contributed by atoms with Gasteiger partial charge in [0.25, 0.3) is 5.91 Å². The third-order valence-electron chi connectivity index (χ3n) is 5.37. The van der Waals surface area contributed by atoms with Crippen LogP contribution in [0.5, 0.6) is 17.2 Å². The van der Waals surface area contributed by atoms with E-state index in [1.165, 1.54) is 21.3 Å². The van der Waals surface area contributed by atoms with Crippen LogP contribution >= 0.6 is 11.6 Å². The van der Waals surface area contributed by atoms with Gasteiger partial charge in [0.1, 0.15) is 6.04 Å². The van der Waals surface area contributed by atoms with E-state index < -0.39 is 6.04 Å². The Balaban J connectivity index is 1.68. The van der Waals surface area contributed by atoms with Crippen LogP contribution in [0, 0.1) is 0 Å². The molecule has 4 rings (SSSR count). The average Bonchev–Trinajstić information content (AvgIpc) is 3.38. The highest BCUT2D eigenvalue weighted by Gasteiger charge is 2.25. The number of hydrogen-bond acceptors (Lipinski definition) is 7. The maximum Gasteiger partial charge on any atom is 0.253 e. The van der Waals surface area contributed by atoms with Gasteiger partial charge in [-0.2, -0.15) is 4.98 Å². The fourth-order valence-electron chi connectivity index (χ4n) is 3.64. The van der Waals surface area contributed by atoms with Crippen molar-refractivity contribution in [2.45, 2.75) is 12.5 Å². The van der Waals surface area contributed by atoms with E-state index in [-0.39, 0.29) is 11.8 Å². The first-order valence-electron chi connectivity index (χ1n) is 10.8. The summed E-state index contributed by atoms with van der Waals surface area (Å²) in [6, 6.07) is 19.4. The molecule has 1 N–H and O–H groups in total. The fourth-order valence-corrected chi connectivity index (χ4v) is 3.86. The molecule has 1 atom stereocenters. The molecule has 3 aromatic carbocycles. The Morgan fingerprint density at radius 1 is 0.971 bits per heavy atom. The van der Waals surface area contributed by atoms with Crippen molar-refractivity contribution in [2.75, 3.05) is 21.3 Å². The van der Waals surface area contributed by atoms with Gasteiger partial charge in [0.2, 0.25) is 17.5 Å². The van der Waals surface area contributed by atoms with Gasteiger partial charge in [0, 0.05) is 12.0 Å². The second-order valence-electron chi connectivity index (χ2n) is 7.57. The number of carbonyl (C=O) groups excluding carboxylic acids is 1. The normalized spacial score (nSPS) is 11.5. The van der Waals surface area contributed by atoms with Crippen molar-refractivity contribution in [3.63, 3.8) is 0 Å². The second-order valence-corrected chi connectivity index (χ2v) is 7.97. The number of amides is 1. The minimum atomic E-state index is -0.593. The van der Waals surface area contributed by atoms with Gasteiger partial charge in [0.15, 0.2) is 11.5 Å². The fraction of sp³-hybridized carbons (Fsp3) is 0.192. The summed E-state index contributed by atoms with van der Waals surface area (Å²) in [5, 5.41) is 7.47. The molecule has 0 bridgehead atoms. The van der Waals surface area contributed by atoms with E-state index in [1.807, 2.05) is 30.3 Å². The molecule has 0 unspecified atom stereocenters. The zero-order valence-electron chi connectivity index (χ0n) is 19.4. The molecule has 4 aromatic rings. The molecule has 9 heteroatoms. The summed E-state index contributed by atoms with van der Waals surface area (Å²) in [6.07, 6.45) is 0.438. The molecule has 35 heavy (non-hydrogen) atoms. The maximum absolute atomic E-state index is 13.0. The first-order chi connectivity index (χ1) is 17.0. The maximum atomic E-state index is 13.0. The minimum Gasteiger partial charge on any atom is -0.493 e. The van der Waals surface area contributed by atoms with Gasteiger partial charge in [-0.3, -0.25) is 4.79 Å². The largest absolute Gasteiger partial charge is 0.493 e. The van der Waals surface area contributed by atoms with Gasteiger partial charge in [-0.25, -0.2) is 0 Å². The molecule has 0 radical (unpaired) electrons. The molecule has 0 saturated carbocycles. The van der Waals surface area contributed by atoms with Crippen LogP contribution in [0.3, 0.4) is 0 Å². The Morgan fingerprint density at radius 3 is 2.26 bits per heavy atom. The van der Waals surface area contributed by atoms with E-state index in [2.05, 4.69) is 15.5 Å². The molecule has 0 fully saturated rings. The SMILES string of the molecule is COc1cc(-c2noc([C@H](Cc3ccccc3)NC(=O)c3ccccc3Cl)n2)cc(OC)c1OC. The summed E-state index contributed by atoms with van der Waals surface area (Å²) in [7, 11) is 4.59. The minimum absolute atomic E-state index is 0.248. The van der Waals surface area contributed by atoms with Gasteiger partial charge in [-0.15, -0.1) is 0 Å². The Bertz CT molecular complexity index is 1280. The zero-order valence-corrected chi connectivity index (χ0v) is 20.2. The number of nitrogens with one attached hydrogen (secondary N) is 1. The Morgan fingerprint density at radius 2 is 1.63 bits per heavy atom. The smallest absolute Gasteiger partial charge is 0.253 e. The Hall–Kier alpha value is -4.04. The molecule has 0 saturated heterocycles. The first kappa shape index (κ1) is 24.1. The van der Waals surface area contributed by atoms with Gasteiger partial charge in [-0.1, -0.05) is 59.2 Å². The summed E-state index contributed by atoms with van der Waals surface area (Å²) in [5.41, 5.74) is 1.95. The predicted molar refractivity (Wildman–Crippen MR) is 131 cm³/mol. The van der Waals surface area contributed by atoms with Crippen molar-refractivity contribution in [3.8, 4) is 28.6 Å². The van der Waals surface area contributed by atoms with E-state index in [0.29, 0.717) is 45.6 Å². The van der Waals surface area contributed by atoms with Gasteiger partial charge in [-0.05, 0) is 29.8 Å². The van der Waals surface area contributed by atoms with Gasteiger partial charge < -0.3 is 24.1 Å². The van der Waals surface area contributed by atoms with Crippen molar-refractivity contribution >= 4 is 17.5 Å². The van der Waals surface area contributed by atoms with Crippen LogP contribution in [0.4, 0.5) is 0 Å². The third-order valence-corrected chi connectivity index (χ3v) is 5.70. The van der Waals surface area contributed by atoms with Crippen LogP contribution in [0.2, 0.25) is 5.02 Å². The van der Waals surface area contributed by atoms with Crippen molar-refractivity contribution in [3.05, 3.63) is 88.8 Å². The molecule has 8 nitrogen and oxygen atoms in total. The first-order valence-corrected chi connectivity index (χ1v) is 11.1. The molecule has 180 valence electrons. The molecule has 1 amide bonds. The molecular weight excluding hydrogens is 470 g/mol. The number of methoxy groups -OCH3 is 3. The van der Waals surface area contributed by atoms with Crippen LogP contribution in [-0.2, 0) is 6.42 Å². The standard InChI is InChI=1S/C26H24ClN3O5/c1-32-21-14-17(15-22(33-2)23(21)34-3)24-29-26(35-30-24)20(13-16-9-5-4-6-10-16)28-25(31)18-11-7-8-12-19(18)27/h4-12,14-15,20H,13H2,1-3H3,(H,28,31)/t20-/m0/s1. The van der Waals surface area contributed by atoms with Crippen LogP contribution in [0.25, 0.3) is 11.4 Å². The predicted octanol–water partition coefficient (Wildman–Crippen LogP) is 5.13. The summed E-state index contributed by atoms with van der Waals surface area (Å²) in [6.45, 7) is 0. The summed E-state index contributed by atoms with van der Waals surface area (Å²) >= 11 is 6.23. The number of hydrogen-bond donors (Lipinski definition) is 1. The Kier molecular flexibility index (Phi) is 7.52. The molecule has 1 aromatic heterocycles. The summed E-state index contributed by atoms with van der Waals surface area (Å²) in [5.74, 6) is 1.59. The quantitative estimate of drug-likeness (QED) is 0.345. The van der Waals surface area contributed by atoms with Crippen molar-refractivity contribution < 1.29 is 23.5 Å². The molecule has 0 aliphatic heterocycles. The summed E-state index contributed by atoms with van der Waals surface area (Å²) < 4.78 is 21.8. The van der Waals surface area contributed by atoms with Crippen molar-refractivity contribution in [2.24, 2.45) is 0 Å². The topological polar surface area (TPSA) is 95.7 Å². The molecule has 1 heterocycles. The Labute approximate surface area is 207 Å². The number of aromatic nitrogens is 2. The molecule has 0 aliphatic rings. The number of halogens is 1. The highest BCUT2D eigenvalue weighted by molar-refractivity contribution is 6.33. The lowest BCUT2D eigenvalue weighted by Crippen LogP contribution is -2.30. The third kappa shape index (κ3) is 5.38.